The second-order valence-electron chi connectivity index (χ2n) is 4.47. The van der Waals surface area contributed by atoms with Gasteiger partial charge in [0.25, 0.3) is 0 Å². The monoisotopic (exact) mass is 298 g/mol. The van der Waals surface area contributed by atoms with Crippen LogP contribution in [0, 0.1) is 0 Å². The molecular weight excluding hydrogens is 284 g/mol. The first-order chi connectivity index (χ1) is 10.3. The molecule has 106 valence electrons. The van der Waals surface area contributed by atoms with E-state index in [-0.39, 0.29) is 5.91 Å². The standard InChI is InChI=1S/C16H14N2O2S/c19-15(17-10-9-12-4-3-11-21-12)7-8-16-18-13-5-1-2-6-14(13)20-16/h1-8,11H,9-10H2,(H,17,19). The molecule has 0 fully saturated rings. The van der Waals surface area contributed by atoms with Crippen LogP contribution in [0.2, 0.25) is 0 Å². The summed E-state index contributed by atoms with van der Waals surface area (Å²) in [4.78, 5) is 17.2. The number of aromatic nitrogens is 1. The normalized spacial score (nSPS) is 11.2. The number of hydrogen-bond donors (Lipinski definition) is 1. The first-order valence-corrected chi connectivity index (χ1v) is 7.53. The number of carbonyl (C=O) groups is 1. The molecule has 1 N–H and O–H groups in total. The van der Waals surface area contributed by atoms with Crippen LogP contribution in [0.3, 0.4) is 0 Å². The number of benzene rings is 1. The largest absolute Gasteiger partial charge is 0.437 e. The minimum absolute atomic E-state index is 0.145. The van der Waals surface area contributed by atoms with Crippen LogP contribution in [0.1, 0.15) is 10.8 Å². The fourth-order valence-electron chi connectivity index (χ4n) is 1.93. The molecule has 2 aromatic heterocycles. The van der Waals surface area contributed by atoms with Crippen molar-refractivity contribution in [1.29, 1.82) is 0 Å². The average molecular weight is 298 g/mol. The van der Waals surface area contributed by atoms with Crippen LogP contribution in [0.5, 0.6) is 0 Å². The number of fused-ring (bicyclic) bond motifs is 1. The van der Waals surface area contributed by atoms with E-state index in [9.17, 15) is 4.79 Å². The number of para-hydroxylation sites is 2. The highest BCUT2D eigenvalue weighted by Crippen LogP contribution is 2.15. The summed E-state index contributed by atoms with van der Waals surface area (Å²) in [5, 5.41) is 4.87. The molecule has 0 unspecified atom stereocenters. The van der Waals surface area contributed by atoms with Crippen molar-refractivity contribution in [1.82, 2.24) is 10.3 Å². The molecule has 3 aromatic rings. The molecule has 0 bridgehead atoms. The topological polar surface area (TPSA) is 55.1 Å². The molecule has 21 heavy (non-hydrogen) atoms. The van der Waals surface area contributed by atoms with Gasteiger partial charge in [0.05, 0.1) is 0 Å². The maximum atomic E-state index is 11.7. The maximum Gasteiger partial charge on any atom is 0.244 e. The smallest absolute Gasteiger partial charge is 0.244 e. The number of nitrogens with one attached hydrogen (secondary N) is 1. The number of oxazole rings is 1. The van der Waals surface area contributed by atoms with Gasteiger partial charge >= 0.3 is 0 Å². The lowest BCUT2D eigenvalue weighted by molar-refractivity contribution is -0.116. The second-order valence-corrected chi connectivity index (χ2v) is 5.51. The van der Waals surface area contributed by atoms with E-state index in [0.717, 1.165) is 17.5 Å². The summed E-state index contributed by atoms with van der Waals surface area (Å²) in [5.74, 6) is 0.290. The van der Waals surface area contributed by atoms with Crippen molar-refractivity contribution in [2.24, 2.45) is 0 Å². The van der Waals surface area contributed by atoms with E-state index < -0.39 is 0 Å². The van der Waals surface area contributed by atoms with E-state index in [1.54, 1.807) is 17.4 Å². The highest BCUT2D eigenvalue weighted by molar-refractivity contribution is 7.09. The summed E-state index contributed by atoms with van der Waals surface area (Å²) < 4.78 is 5.51. The number of rotatable bonds is 5. The van der Waals surface area contributed by atoms with Crippen molar-refractivity contribution in [3.63, 3.8) is 0 Å². The minimum Gasteiger partial charge on any atom is -0.437 e. The number of hydrogen-bond acceptors (Lipinski definition) is 4. The van der Waals surface area contributed by atoms with Crippen LogP contribution in [0.15, 0.2) is 52.3 Å². The Bertz CT molecular complexity index is 727. The van der Waals surface area contributed by atoms with Crippen molar-refractivity contribution in [3.8, 4) is 0 Å². The summed E-state index contributed by atoms with van der Waals surface area (Å²) in [7, 11) is 0. The molecule has 1 aromatic carbocycles. The molecule has 0 aliphatic heterocycles. The van der Waals surface area contributed by atoms with E-state index in [1.165, 1.54) is 11.0 Å². The third-order valence-electron chi connectivity index (χ3n) is 2.94. The van der Waals surface area contributed by atoms with Crippen molar-refractivity contribution in [3.05, 3.63) is 58.6 Å². The van der Waals surface area contributed by atoms with Gasteiger partial charge in [-0.3, -0.25) is 4.79 Å². The maximum absolute atomic E-state index is 11.7. The zero-order chi connectivity index (χ0) is 14.5. The van der Waals surface area contributed by atoms with Crippen molar-refractivity contribution in [2.75, 3.05) is 6.54 Å². The van der Waals surface area contributed by atoms with Crippen LogP contribution < -0.4 is 5.32 Å². The lowest BCUT2D eigenvalue weighted by atomic mass is 10.3. The number of nitrogens with zero attached hydrogens (tertiary/aromatic N) is 1. The van der Waals surface area contributed by atoms with Gasteiger partial charge in [0.15, 0.2) is 5.58 Å². The fourth-order valence-corrected chi connectivity index (χ4v) is 2.64. The number of thiophene rings is 1. The lowest BCUT2D eigenvalue weighted by Gasteiger charge is -1.99. The van der Waals surface area contributed by atoms with E-state index >= 15 is 0 Å². The Morgan fingerprint density at radius 2 is 2.19 bits per heavy atom. The Labute approximate surface area is 126 Å². The van der Waals surface area contributed by atoms with Gasteiger partial charge in [0, 0.05) is 23.6 Å². The molecule has 2 heterocycles. The molecule has 5 heteroatoms. The van der Waals surface area contributed by atoms with Gasteiger partial charge in [-0.2, -0.15) is 0 Å². The fraction of sp³-hybridized carbons (Fsp3) is 0.125. The molecule has 0 atom stereocenters. The summed E-state index contributed by atoms with van der Waals surface area (Å²) in [6.07, 6.45) is 3.87. The third-order valence-corrected chi connectivity index (χ3v) is 3.87. The Kier molecular flexibility index (Phi) is 4.12. The summed E-state index contributed by atoms with van der Waals surface area (Å²) in [6.45, 7) is 0.622. The Hall–Kier alpha value is -2.40. The van der Waals surface area contributed by atoms with Crippen LogP contribution in [-0.4, -0.2) is 17.4 Å². The van der Waals surface area contributed by atoms with E-state index in [0.29, 0.717) is 12.4 Å². The molecule has 0 spiro atoms. The summed E-state index contributed by atoms with van der Waals surface area (Å²) in [5.41, 5.74) is 1.51. The zero-order valence-electron chi connectivity index (χ0n) is 11.3. The molecule has 3 rings (SSSR count). The lowest BCUT2D eigenvalue weighted by Crippen LogP contribution is -2.23. The summed E-state index contributed by atoms with van der Waals surface area (Å²) in [6, 6.07) is 11.6. The summed E-state index contributed by atoms with van der Waals surface area (Å²) >= 11 is 1.69. The van der Waals surface area contributed by atoms with Crippen LogP contribution in [0.25, 0.3) is 17.2 Å². The average Bonchev–Trinajstić information content (AvgIpc) is 3.13. The Morgan fingerprint density at radius 1 is 1.29 bits per heavy atom. The Morgan fingerprint density at radius 3 is 3.00 bits per heavy atom. The molecule has 0 aliphatic carbocycles. The van der Waals surface area contributed by atoms with Gasteiger partial charge in [-0.1, -0.05) is 18.2 Å². The van der Waals surface area contributed by atoms with Gasteiger partial charge in [0.1, 0.15) is 5.52 Å². The van der Waals surface area contributed by atoms with Gasteiger partial charge in [-0.25, -0.2) is 4.98 Å². The van der Waals surface area contributed by atoms with Gasteiger partial charge in [-0.15, -0.1) is 11.3 Å². The van der Waals surface area contributed by atoms with E-state index in [4.69, 9.17) is 4.42 Å². The quantitative estimate of drug-likeness (QED) is 0.736. The number of carbonyl (C=O) groups excluding carboxylic acids is 1. The van der Waals surface area contributed by atoms with Gasteiger partial charge < -0.3 is 9.73 Å². The third kappa shape index (κ3) is 3.58. The Balaban J connectivity index is 1.54. The second kappa shape index (κ2) is 6.37. The highest BCUT2D eigenvalue weighted by Gasteiger charge is 2.02. The molecule has 0 radical (unpaired) electrons. The molecule has 4 nitrogen and oxygen atoms in total. The minimum atomic E-state index is -0.145. The van der Waals surface area contributed by atoms with Gasteiger partial charge in [0.2, 0.25) is 11.8 Å². The molecule has 1 amide bonds. The predicted molar refractivity (Wildman–Crippen MR) is 84.1 cm³/mol. The molecular formula is C16H14N2O2S. The van der Waals surface area contributed by atoms with Crippen molar-refractivity contribution < 1.29 is 9.21 Å². The first kappa shape index (κ1) is 13.6. The molecule has 0 saturated carbocycles. The number of amides is 1. The SMILES string of the molecule is O=C(C=Cc1nc2ccccc2o1)NCCc1cccs1. The van der Waals surface area contributed by atoms with Crippen LogP contribution >= 0.6 is 11.3 Å². The first-order valence-electron chi connectivity index (χ1n) is 6.65. The van der Waals surface area contributed by atoms with E-state index in [2.05, 4.69) is 16.4 Å². The van der Waals surface area contributed by atoms with Crippen LogP contribution in [-0.2, 0) is 11.2 Å². The predicted octanol–water partition coefficient (Wildman–Crippen LogP) is 3.26. The highest BCUT2D eigenvalue weighted by atomic mass is 32.1. The van der Waals surface area contributed by atoms with Crippen LogP contribution in [0.4, 0.5) is 0 Å². The van der Waals surface area contributed by atoms with E-state index in [1.807, 2.05) is 35.7 Å². The zero-order valence-corrected chi connectivity index (χ0v) is 12.1. The molecule has 0 aliphatic rings. The molecule has 0 saturated heterocycles. The van der Waals surface area contributed by atoms with Gasteiger partial charge in [-0.05, 0) is 30.0 Å². The van der Waals surface area contributed by atoms with Crippen molar-refractivity contribution in [2.45, 2.75) is 6.42 Å². The van der Waals surface area contributed by atoms with Crippen molar-refractivity contribution >= 4 is 34.4 Å².